The van der Waals surface area contributed by atoms with Gasteiger partial charge in [-0.2, -0.15) is 5.26 Å². The van der Waals surface area contributed by atoms with Crippen molar-refractivity contribution in [2.24, 2.45) is 16.7 Å². The van der Waals surface area contributed by atoms with Crippen molar-refractivity contribution in [1.29, 1.82) is 5.26 Å². The van der Waals surface area contributed by atoms with Crippen LogP contribution in [0.4, 0.5) is 0 Å². The SMILES string of the molecule is CCOC(=O)/C(C#N)=C1/C[C@@H]2CC[C@@]1(C)C2(C)C. The molecule has 2 aliphatic carbocycles. The highest BCUT2D eigenvalue weighted by Crippen LogP contribution is 2.68. The quantitative estimate of drug-likeness (QED) is 0.427. The topological polar surface area (TPSA) is 50.1 Å². The molecule has 2 aliphatic rings. The molecule has 0 radical (unpaired) electrons. The largest absolute Gasteiger partial charge is 0.462 e. The minimum Gasteiger partial charge on any atom is -0.462 e. The highest BCUT2D eigenvalue weighted by atomic mass is 16.5. The van der Waals surface area contributed by atoms with Crippen molar-refractivity contribution in [3.63, 3.8) is 0 Å². The van der Waals surface area contributed by atoms with Gasteiger partial charge in [0, 0.05) is 0 Å². The standard InChI is InChI=1S/C15H21NO2/c1-5-18-13(17)11(9-16)12-8-10-6-7-15(12,4)14(10,2)3/h10H,5-8H2,1-4H3/b12-11-/t10-,15+/m0/s1. The van der Waals surface area contributed by atoms with Crippen LogP contribution in [-0.2, 0) is 9.53 Å². The third-order valence-electron chi connectivity index (χ3n) is 5.45. The van der Waals surface area contributed by atoms with Crippen LogP contribution in [0, 0.1) is 28.1 Å². The summed E-state index contributed by atoms with van der Waals surface area (Å²) in [5, 5.41) is 9.29. The Bertz CT molecular complexity index is 456. The van der Waals surface area contributed by atoms with Crippen LogP contribution in [0.1, 0.15) is 47.0 Å². The molecule has 2 bridgehead atoms. The number of allylic oxidation sites excluding steroid dienone is 1. The van der Waals surface area contributed by atoms with Gasteiger partial charge < -0.3 is 4.74 Å². The van der Waals surface area contributed by atoms with Crippen molar-refractivity contribution in [3.8, 4) is 6.07 Å². The van der Waals surface area contributed by atoms with Gasteiger partial charge in [0.2, 0.25) is 0 Å². The van der Waals surface area contributed by atoms with Crippen molar-refractivity contribution in [2.75, 3.05) is 6.61 Å². The van der Waals surface area contributed by atoms with E-state index in [4.69, 9.17) is 4.74 Å². The van der Waals surface area contributed by atoms with E-state index in [1.165, 1.54) is 6.42 Å². The first kappa shape index (κ1) is 13.1. The Hall–Kier alpha value is -1.30. The van der Waals surface area contributed by atoms with Crippen LogP contribution in [-0.4, -0.2) is 12.6 Å². The third-order valence-corrected chi connectivity index (χ3v) is 5.45. The fraction of sp³-hybridized carbons (Fsp3) is 0.733. The molecule has 0 aromatic rings. The van der Waals surface area contributed by atoms with Crippen LogP contribution in [0.15, 0.2) is 11.1 Å². The van der Waals surface area contributed by atoms with E-state index in [0.717, 1.165) is 18.4 Å². The Morgan fingerprint density at radius 1 is 1.50 bits per heavy atom. The molecule has 0 aromatic carbocycles. The smallest absolute Gasteiger partial charge is 0.348 e. The molecule has 98 valence electrons. The van der Waals surface area contributed by atoms with Crippen molar-refractivity contribution in [1.82, 2.24) is 0 Å². The second-order valence-corrected chi connectivity index (χ2v) is 6.18. The molecule has 2 rings (SSSR count). The number of hydrogen-bond acceptors (Lipinski definition) is 3. The molecule has 0 N–H and O–H groups in total. The summed E-state index contributed by atoms with van der Waals surface area (Å²) in [7, 11) is 0. The number of carbonyl (C=O) groups excluding carboxylic acids is 1. The van der Waals surface area contributed by atoms with Gasteiger partial charge in [0.15, 0.2) is 0 Å². The van der Waals surface area contributed by atoms with E-state index in [1.807, 2.05) is 0 Å². The van der Waals surface area contributed by atoms with Crippen LogP contribution >= 0.6 is 0 Å². The highest BCUT2D eigenvalue weighted by Gasteiger charge is 2.60. The van der Waals surface area contributed by atoms with Crippen molar-refractivity contribution >= 4 is 5.97 Å². The number of nitrogens with zero attached hydrogens (tertiary/aromatic N) is 1. The summed E-state index contributed by atoms with van der Waals surface area (Å²) in [6.45, 7) is 8.81. The molecule has 0 aliphatic heterocycles. The number of nitriles is 1. The lowest BCUT2D eigenvalue weighted by atomic mass is 9.68. The molecule has 3 nitrogen and oxygen atoms in total. The molecule has 0 heterocycles. The van der Waals surface area contributed by atoms with Crippen molar-refractivity contribution in [3.05, 3.63) is 11.1 Å². The molecule has 3 heteroatoms. The summed E-state index contributed by atoms with van der Waals surface area (Å²) >= 11 is 0. The van der Waals surface area contributed by atoms with Gasteiger partial charge in [-0.25, -0.2) is 4.79 Å². The predicted octanol–water partition coefficient (Wildman–Crippen LogP) is 3.22. The van der Waals surface area contributed by atoms with Crippen LogP contribution in [0.25, 0.3) is 0 Å². The second-order valence-electron chi connectivity index (χ2n) is 6.18. The molecular formula is C15H21NO2. The highest BCUT2D eigenvalue weighted by molar-refractivity contribution is 5.94. The number of ether oxygens (including phenoxy) is 1. The maximum atomic E-state index is 11.9. The molecule has 2 fully saturated rings. The first-order valence-electron chi connectivity index (χ1n) is 6.69. The molecular weight excluding hydrogens is 226 g/mol. The molecule has 0 saturated heterocycles. The summed E-state index contributed by atoms with van der Waals surface area (Å²) in [5.74, 6) is 0.148. The molecule has 2 atom stereocenters. The van der Waals surface area contributed by atoms with E-state index >= 15 is 0 Å². The van der Waals surface area contributed by atoms with Crippen molar-refractivity contribution in [2.45, 2.75) is 47.0 Å². The van der Waals surface area contributed by atoms with E-state index in [2.05, 4.69) is 26.8 Å². The average molecular weight is 247 g/mol. The summed E-state index contributed by atoms with van der Waals surface area (Å²) in [6.07, 6.45) is 3.16. The second kappa shape index (κ2) is 4.12. The fourth-order valence-corrected chi connectivity index (χ4v) is 3.78. The van der Waals surface area contributed by atoms with Gasteiger partial charge in [0.25, 0.3) is 0 Å². The monoisotopic (exact) mass is 247 g/mol. The first-order chi connectivity index (χ1) is 8.38. The van der Waals surface area contributed by atoms with Gasteiger partial charge in [-0.3, -0.25) is 0 Å². The zero-order valence-corrected chi connectivity index (χ0v) is 11.7. The van der Waals surface area contributed by atoms with E-state index < -0.39 is 5.97 Å². The fourth-order valence-electron chi connectivity index (χ4n) is 3.78. The number of carbonyl (C=O) groups is 1. The third kappa shape index (κ3) is 1.51. The van der Waals surface area contributed by atoms with Gasteiger partial charge in [0.1, 0.15) is 11.6 Å². The average Bonchev–Trinajstić information content (AvgIpc) is 2.63. The molecule has 0 spiro atoms. The molecule has 0 unspecified atom stereocenters. The Labute approximate surface area is 109 Å². The molecule has 2 saturated carbocycles. The minimum absolute atomic E-state index is 0.0184. The van der Waals surface area contributed by atoms with E-state index in [1.54, 1.807) is 6.92 Å². The normalized spacial score (nSPS) is 35.2. The summed E-state index contributed by atoms with van der Waals surface area (Å²) in [4.78, 5) is 11.9. The van der Waals surface area contributed by atoms with E-state index in [-0.39, 0.29) is 16.4 Å². The maximum Gasteiger partial charge on any atom is 0.348 e. The Kier molecular flexibility index (Phi) is 3.01. The van der Waals surface area contributed by atoms with Gasteiger partial charge in [-0.15, -0.1) is 0 Å². The van der Waals surface area contributed by atoms with Gasteiger partial charge >= 0.3 is 5.97 Å². The molecule has 18 heavy (non-hydrogen) atoms. The predicted molar refractivity (Wildman–Crippen MR) is 68.5 cm³/mol. The van der Waals surface area contributed by atoms with Crippen LogP contribution < -0.4 is 0 Å². The number of hydrogen-bond donors (Lipinski definition) is 0. The minimum atomic E-state index is -0.445. The van der Waals surface area contributed by atoms with Gasteiger partial charge in [-0.1, -0.05) is 20.8 Å². The van der Waals surface area contributed by atoms with Gasteiger partial charge in [-0.05, 0) is 48.5 Å². The van der Waals surface area contributed by atoms with E-state index in [9.17, 15) is 10.1 Å². The van der Waals surface area contributed by atoms with Crippen LogP contribution in [0.3, 0.4) is 0 Å². The summed E-state index contributed by atoms with van der Waals surface area (Å²) < 4.78 is 5.01. The van der Waals surface area contributed by atoms with Gasteiger partial charge in [0.05, 0.1) is 6.61 Å². The maximum absolute atomic E-state index is 11.9. The molecule has 0 amide bonds. The number of fused-ring (bicyclic) bond motifs is 2. The molecule has 0 aromatic heterocycles. The summed E-state index contributed by atoms with van der Waals surface area (Å²) in [6, 6.07) is 2.08. The van der Waals surface area contributed by atoms with Crippen LogP contribution in [0.2, 0.25) is 0 Å². The Morgan fingerprint density at radius 2 is 2.17 bits per heavy atom. The van der Waals surface area contributed by atoms with Crippen LogP contribution in [0.5, 0.6) is 0 Å². The summed E-state index contributed by atoms with van der Waals surface area (Å²) in [5.41, 5.74) is 1.45. The lowest BCUT2D eigenvalue weighted by molar-refractivity contribution is -0.138. The Morgan fingerprint density at radius 3 is 2.56 bits per heavy atom. The zero-order valence-electron chi connectivity index (χ0n) is 11.7. The Balaban J connectivity index is 2.46. The number of rotatable bonds is 2. The number of esters is 1. The first-order valence-corrected chi connectivity index (χ1v) is 6.69. The van der Waals surface area contributed by atoms with E-state index in [0.29, 0.717) is 12.5 Å². The lowest BCUT2D eigenvalue weighted by Gasteiger charge is -2.35. The van der Waals surface area contributed by atoms with Crippen molar-refractivity contribution < 1.29 is 9.53 Å². The zero-order chi connectivity index (χ0) is 13.6. The lowest BCUT2D eigenvalue weighted by Crippen LogP contribution is -2.29.